The Kier molecular flexibility index (Phi) is 5.38. The maximum Gasteiger partial charge on any atom is 0.0998 e. The third kappa shape index (κ3) is 3.89. The van der Waals surface area contributed by atoms with Gasteiger partial charge in [0, 0.05) is 20.4 Å². The van der Waals surface area contributed by atoms with Crippen LogP contribution >= 0.6 is 23.4 Å². The van der Waals surface area contributed by atoms with E-state index in [9.17, 15) is 5.26 Å². The van der Waals surface area contributed by atoms with E-state index in [1.165, 1.54) is 0 Å². The summed E-state index contributed by atoms with van der Waals surface area (Å²) in [5.41, 5.74) is 2.31. The molecule has 0 amide bonds. The van der Waals surface area contributed by atoms with Gasteiger partial charge in [0.05, 0.1) is 11.6 Å². The molecule has 0 atom stereocenters. The Morgan fingerprint density at radius 2 is 1.54 bits per heavy atom. The summed E-state index contributed by atoms with van der Waals surface area (Å²) in [5, 5.41) is 10.1. The highest BCUT2D eigenvalue weighted by Gasteiger charge is 2.08. The lowest BCUT2D eigenvalue weighted by atomic mass is 10.0. The molecular weight excluding hydrogens is 334 g/mol. The fraction of sp³-hybridized carbons (Fsp3) is 0. The predicted octanol–water partition coefficient (Wildman–Crippen LogP) is 6.56. The van der Waals surface area contributed by atoms with Crippen molar-refractivity contribution in [3.8, 4) is 6.07 Å². The summed E-state index contributed by atoms with van der Waals surface area (Å²) in [6, 6.07) is 27.9. The summed E-state index contributed by atoms with van der Waals surface area (Å²) in [4.78, 5) is 2.26. The molecule has 0 N–H and O–H groups in total. The van der Waals surface area contributed by atoms with E-state index < -0.39 is 0 Å². The molecule has 0 unspecified atom stereocenters. The number of hydrogen-bond acceptors (Lipinski definition) is 2. The summed E-state index contributed by atoms with van der Waals surface area (Å²) in [6.45, 7) is 0. The molecule has 3 heteroatoms. The lowest BCUT2D eigenvalue weighted by molar-refractivity contribution is 1.38. The number of hydrogen-bond donors (Lipinski definition) is 0. The second kappa shape index (κ2) is 7.88. The van der Waals surface area contributed by atoms with E-state index in [2.05, 4.69) is 24.3 Å². The van der Waals surface area contributed by atoms with E-state index in [1.54, 1.807) is 17.8 Å². The van der Waals surface area contributed by atoms with Crippen molar-refractivity contribution in [2.75, 3.05) is 0 Å². The minimum Gasteiger partial charge on any atom is -0.192 e. The van der Waals surface area contributed by atoms with Gasteiger partial charge >= 0.3 is 0 Å². The second-order valence-corrected chi connectivity index (χ2v) is 6.63. The minimum atomic E-state index is 0.557. The quantitative estimate of drug-likeness (QED) is 0.394. The monoisotopic (exact) mass is 347 g/mol. The normalized spacial score (nSPS) is 11.1. The largest absolute Gasteiger partial charge is 0.192 e. The molecule has 0 aliphatic carbocycles. The highest BCUT2D eigenvalue weighted by molar-refractivity contribution is 7.99. The first-order valence-electron chi connectivity index (χ1n) is 7.46. The molecule has 0 fully saturated rings. The molecule has 3 aromatic carbocycles. The van der Waals surface area contributed by atoms with Crippen LogP contribution in [0.15, 0.2) is 88.7 Å². The first-order valence-corrected chi connectivity index (χ1v) is 8.66. The van der Waals surface area contributed by atoms with Crippen molar-refractivity contribution in [1.82, 2.24) is 0 Å². The molecule has 0 radical (unpaired) electrons. The van der Waals surface area contributed by atoms with E-state index in [4.69, 9.17) is 11.6 Å². The van der Waals surface area contributed by atoms with E-state index in [0.29, 0.717) is 10.6 Å². The van der Waals surface area contributed by atoms with Crippen LogP contribution in [0.4, 0.5) is 0 Å². The summed E-state index contributed by atoms with van der Waals surface area (Å²) >= 11 is 7.92. The van der Waals surface area contributed by atoms with Crippen LogP contribution in [0, 0.1) is 11.3 Å². The zero-order valence-corrected chi connectivity index (χ0v) is 14.4. The van der Waals surface area contributed by atoms with Crippen LogP contribution in [0.1, 0.15) is 11.1 Å². The lowest BCUT2D eigenvalue weighted by Gasteiger charge is -2.07. The first kappa shape index (κ1) is 16.4. The molecule has 3 rings (SSSR count). The molecule has 3 aromatic rings. The van der Waals surface area contributed by atoms with E-state index in [-0.39, 0.29) is 0 Å². The summed E-state index contributed by atoms with van der Waals surface area (Å²) < 4.78 is 0. The zero-order chi connectivity index (χ0) is 16.8. The first-order chi connectivity index (χ1) is 11.8. The predicted molar refractivity (Wildman–Crippen MR) is 102 cm³/mol. The number of halogens is 1. The lowest BCUT2D eigenvalue weighted by Crippen LogP contribution is -1.85. The van der Waals surface area contributed by atoms with Crippen molar-refractivity contribution in [3.05, 3.63) is 95.0 Å². The molecule has 0 bridgehead atoms. The van der Waals surface area contributed by atoms with Crippen LogP contribution in [-0.4, -0.2) is 0 Å². The van der Waals surface area contributed by atoms with Crippen molar-refractivity contribution in [3.63, 3.8) is 0 Å². The van der Waals surface area contributed by atoms with Gasteiger partial charge in [-0.1, -0.05) is 78.0 Å². The van der Waals surface area contributed by atoms with Gasteiger partial charge in [-0.2, -0.15) is 5.26 Å². The van der Waals surface area contributed by atoms with Crippen molar-refractivity contribution in [2.45, 2.75) is 9.79 Å². The van der Waals surface area contributed by atoms with E-state index in [1.807, 2.05) is 60.7 Å². The smallest absolute Gasteiger partial charge is 0.0998 e. The summed E-state index contributed by atoms with van der Waals surface area (Å²) in [5.74, 6) is 0. The van der Waals surface area contributed by atoms with Crippen LogP contribution in [0.5, 0.6) is 0 Å². The molecule has 0 aromatic heterocycles. The van der Waals surface area contributed by atoms with Crippen molar-refractivity contribution in [1.29, 1.82) is 5.26 Å². The van der Waals surface area contributed by atoms with Crippen molar-refractivity contribution < 1.29 is 0 Å². The third-order valence-corrected chi connectivity index (χ3v) is 4.90. The Hall–Kier alpha value is -2.47. The number of benzene rings is 3. The molecular formula is C21H14ClNS. The maximum absolute atomic E-state index is 9.56. The minimum absolute atomic E-state index is 0.557. The van der Waals surface area contributed by atoms with Gasteiger partial charge in [0.1, 0.15) is 0 Å². The molecule has 0 saturated carbocycles. The standard InChI is InChI=1S/C21H14ClNS/c22-20-12-6-5-11-19(20)17(15-23)14-16-8-4-7-13-21(16)24-18-9-2-1-3-10-18/h1-14H. The van der Waals surface area contributed by atoms with E-state index in [0.717, 1.165) is 20.9 Å². The average molecular weight is 348 g/mol. The number of nitriles is 1. The molecule has 0 aliphatic heterocycles. The Bertz CT molecular complexity index is 910. The number of allylic oxidation sites excluding steroid dienone is 1. The highest BCUT2D eigenvalue weighted by atomic mass is 35.5. The fourth-order valence-corrected chi connectivity index (χ4v) is 3.49. The van der Waals surface area contributed by atoms with Gasteiger partial charge in [-0.05, 0) is 35.9 Å². The molecule has 0 aliphatic rings. The topological polar surface area (TPSA) is 23.8 Å². The van der Waals surface area contributed by atoms with Gasteiger partial charge in [0.15, 0.2) is 0 Å². The zero-order valence-electron chi connectivity index (χ0n) is 12.8. The van der Waals surface area contributed by atoms with Gasteiger partial charge in [-0.25, -0.2) is 0 Å². The summed E-state index contributed by atoms with van der Waals surface area (Å²) in [6.07, 6.45) is 1.90. The Morgan fingerprint density at radius 3 is 2.29 bits per heavy atom. The van der Waals surface area contributed by atoms with Crippen LogP contribution in [0.2, 0.25) is 5.02 Å². The molecule has 0 heterocycles. The molecule has 1 nitrogen and oxygen atoms in total. The third-order valence-electron chi connectivity index (χ3n) is 3.47. The van der Waals surface area contributed by atoms with Crippen molar-refractivity contribution >= 4 is 35.0 Å². The highest BCUT2D eigenvalue weighted by Crippen LogP contribution is 2.33. The Balaban J connectivity index is 2.00. The number of nitrogens with zero attached hydrogens (tertiary/aromatic N) is 1. The average Bonchev–Trinajstić information content (AvgIpc) is 2.63. The Labute approximate surface area is 151 Å². The van der Waals surface area contributed by atoms with Crippen LogP contribution in [0.3, 0.4) is 0 Å². The molecule has 0 spiro atoms. The van der Waals surface area contributed by atoms with Gasteiger partial charge in [0.2, 0.25) is 0 Å². The molecule has 116 valence electrons. The van der Waals surface area contributed by atoms with Crippen LogP contribution in [0.25, 0.3) is 11.6 Å². The fourth-order valence-electron chi connectivity index (χ4n) is 2.31. The van der Waals surface area contributed by atoms with Gasteiger partial charge in [-0.15, -0.1) is 0 Å². The van der Waals surface area contributed by atoms with Gasteiger partial charge in [0.25, 0.3) is 0 Å². The Morgan fingerprint density at radius 1 is 0.875 bits per heavy atom. The maximum atomic E-state index is 9.56. The van der Waals surface area contributed by atoms with E-state index >= 15 is 0 Å². The molecule has 24 heavy (non-hydrogen) atoms. The SMILES string of the molecule is N#CC(=Cc1ccccc1Sc1ccccc1)c1ccccc1Cl. The summed E-state index contributed by atoms with van der Waals surface area (Å²) in [7, 11) is 0. The number of rotatable bonds is 4. The van der Waals surface area contributed by atoms with Crippen LogP contribution in [-0.2, 0) is 0 Å². The van der Waals surface area contributed by atoms with Crippen molar-refractivity contribution in [2.24, 2.45) is 0 Å². The van der Waals surface area contributed by atoms with Gasteiger partial charge < -0.3 is 0 Å². The van der Waals surface area contributed by atoms with Crippen LogP contribution < -0.4 is 0 Å². The second-order valence-electron chi connectivity index (χ2n) is 5.10. The van der Waals surface area contributed by atoms with Gasteiger partial charge in [-0.3, -0.25) is 0 Å². The molecule has 0 saturated heterocycles.